The maximum atomic E-state index is 11.3. The Morgan fingerprint density at radius 3 is 2.71 bits per heavy atom. The van der Waals surface area contributed by atoms with Crippen molar-refractivity contribution in [1.82, 2.24) is 9.97 Å². The molecule has 1 aromatic heterocycles. The van der Waals surface area contributed by atoms with E-state index in [1.165, 1.54) is 0 Å². The molecule has 3 rings (SSSR count). The minimum absolute atomic E-state index is 0.116. The molecule has 0 amide bonds. The minimum atomic E-state index is 0.116. The first-order valence-electron chi connectivity index (χ1n) is 9.93. The van der Waals surface area contributed by atoms with E-state index in [1.807, 2.05) is 26.0 Å². The normalized spacial score (nSPS) is 17.4. The Hall–Kier alpha value is -2.63. The van der Waals surface area contributed by atoms with Gasteiger partial charge in [-0.25, -0.2) is 9.97 Å². The summed E-state index contributed by atoms with van der Waals surface area (Å²) in [5, 5.41) is 0. The van der Waals surface area contributed by atoms with Gasteiger partial charge in [-0.1, -0.05) is 19.1 Å². The van der Waals surface area contributed by atoms with Gasteiger partial charge < -0.3 is 19.2 Å². The number of ketones is 1. The van der Waals surface area contributed by atoms with Crippen LogP contribution in [-0.4, -0.2) is 41.6 Å². The lowest BCUT2D eigenvalue weighted by Crippen LogP contribution is -2.26. The van der Waals surface area contributed by atoms with Gasteiger partial charge in [0, 0.05) is 19.4 Å². The van der Waals surface area contributed by atoms with Crippen LogP contribution in [0, 0.1) is 6.92 Å². The molecule has 2 atom stereocenters. The number of ether oxygens (including phenoxy) is 2. The first-order valence-corrected chi connectivity index (χ1v) is 9.93. The van der Waals surface area contributed by atoms with E-state index in [0.717, 1.165) is 42.2 Å². The maximum Gasteiger partial charge on any atom is 0.221 e. The highest BCUT2D eigenvalue weighted by Gasteiger charge is 2.27. The number of Topliss-reactive ketones (excluding diaryl/α,β-unsaturated/α-hetero) is 1. The Morgan fingerprint density at radius 2 is 2.04 bits per heavy atom. The van der Waals surface area contributed by atoms with E-state index >= 15 is 0 Å². The highest BCUT2D eigenvalue weighted by Crippen LogP contribution is 2.29. The second-order valence-corrected chi connectivity index (χ2v) is 7.41. The lowest BCUT2D eigenvalue weighted by Gasteiger charge is -2.20. The molecule has 0 spiro atoms. The zero-order valence-corrected chi connectivity index (χ0v) is 17.1. The van der Waals surface area contributed by atoms with Gasteiger partial charge in [0.05, 0.1) is 18.7 Å². The zero-order valence-electron chi connectivity index (χ0n) is 17.1. The van der Waals surface area contributed by atoms with Crippen molar-refractivity contribution in [3.63, 3.8) is 0 Å². The Labute approximate surface area is 166 Å². The Kier molecular flexibility index (Phi) is 6.49. The molecular formula is C22H29N3O3. The summed E-state index contributed by atoms with van der Waals surface area (Å²) in [6.07, 6.45) is 3.18. The summed E-state index contributed by atoms with van der Waals surface area (Å²) in [6, 6.07) is 8.10. The Balaban J connectivity index is 1.61. The summed E-state index contributed by atoms with van der Waals surface area (Å²) in [5.74, 6) is 2.87. The van der Waals surface area contributed by atoms with Crippen molar-refractivity contribution in [2.75, 3.05) is 24.6 Å². The summed E-state index contributed by atoms with van der Waals surface area (Å²) in [6.45, 7) is 9.92. The Morgan fingerprint density at radius 1 is 1.29 bits per heavy atom. The molecule has 1 aromatic carbocycles. The third-order valence-electron chi connectivity index (χ3n) is 5.08. The first-order chi connectivity index (χ1) is 13.5. The van der Waals surface area contributed by atoms with Gasteiger partial charge in [0.2, 0.25) is 5.88 Å². The second kappa shape index (κ2) is 9.04. The second-order valence-electron chi connectivity index (χ2n) is 7.41. The van der Waals surface area contributed by atoms with Crippen LogP contribution in [0.4, 0.5) is 5.82 Å². The quantitative estimate of drug-likeness (QED) is 0.688. The van der Waals surface area contributed by atoms with Crippen molar-refractivity contribution in [2.24, 2.45) is 0 Å². The predicted molar refractivity (Wildman–Crippen MR) is 109 cm³/mol. The van der Waals surface area contributed by atoms with E-state index < -0.39 is 0 Å². The van der Waals surface area contributed by atoms with Gasteiger partial charge >= 0.3 is 0 Å². The molecule has 0 unspecified atom stereocenters. The molecular weight excluding hydrogens is 354 g/mol. The van der Waals surface area contributed by atoms with E-state index in [1.54, 1.807) is 13.3 Å². The molecule has 2 heterocycles. The number of carbonyl (C=O) groups is 1. The van der Waals surface area contributed by atoms with Crippen molar-refractivity contribution < 1.29 is 14.3 Å². The van der Waals surface area contributed by atoms with E-state index in [9.17, 15) is 4.79 Å². The maximum absolute atomic E-state index is 11.3. The largest absolute Gasteiger partial charge is 0.489 e. The number of aromatic nitrogens is 2. The molecule has 1 fully saturated rings. The summed E-state index contributed by atoms with van der Waals surface area (Å²) >= 11 is 0. The summed E-state index contributed by atoms with van der Waals surface area (Å²) in [4.78, 5) is 22.2. The molecule has 6 nitrogen and oxygen atoms in total. The fraction of sp³-hybridized carbons (Fsp3) is 0.500. The van der Waals surface area contributed by atoms with Crippen molar-refractivity contribution >= 4 is 11.6 Å². The van der Waals surface area contributed by atoms with Crippen LogP contribution in [0.15, 0.2) is 30.6 Å². The molecule has 1 aliphatic heterocycles. The average molecular weight is 383 g/mol. The van der Waals surface area contributed by atoms with Crippen LogP contribution < -0.4 is 14.4 Å². The van der Waals surface area contributed by atoms with Crippen LogP contribution in [0.2, 0.25) is 0 Å². The molecule has 28 heavy (non-hydrogen) atoms. The van der Waals surface area contributed by atoms with Crippen LogP contribution in [0.25, 0.3) is 0 Å². The van der Waals surface area contributed by atoms with Crippen molar-refractivity contribution in [1.29, 1.82) is 0 Å². The van der Waals surface area contributed by atoms with Crippen LogP contribution in [0.3, 0.4) is 0 Å². The van der Waals surface area contributed by atoms with E-state index in [2.05, 4.69) is 33.9 Å². The highest BCUT2D eigenvalue weighted by molar-refractivity contribution is 5.76. The van der Waals surface area contributed by atoms with Crippen LogP contribution in [0.1, 0.15) is 50.7 Å². The number of benzene rings is 1. The average Bonchev–Trinajstić information content (AvgIpc) is 3.12. The highest BCUT2D eigenvalue weighted by atomic mass is 16.5. The zero-order chi connectivity index (χ0) is 20.1. The number of hydrogen-bond acceptors (Lipinski definition) is 6. The fourth-order valence-corrected chi connectivity index (χ4v) is 3.66. The third kappa shape index (κ3) is 4.80. The van der Waals surface area contributed by atoms with E-state index in [4.69, 9.17) is 9.47 Å². The van der Waals surface area contributed by atoms with Crippen molar-refractivity contribution in [2.45, 2.75) is 52.6 Å². The molecule has 0 bridgehead atoms. The first kappa shape index (κ1) is 20.1. The molecule has 0 saturated carbocycles. The smallest absolute Gasteiger partial charge is 0.221 e. The number of nitrogens with zero attached hydrogens (tertiary/aromatic N) is 3. The number of hydrogen-bond donors (Lipinski definition) is 0. The lowest BCUT2D eigenvalue weighted by atomic mass is 9.96. The summed E-state index contributed by atoms with van der Waals surface area (Å²) in [7, 11) is 0. The molecule has 2 aromatic rings. The van der Waals surface area contributed by atoms with Gasteiger partial charge in [-0.05, 0) is 44.4 Å². The number of anilines is 1. The molecule has 1 aliphatic rings. The van der Waals surface area contributed by atoms with Crippen LogP contribution >= 0.6 is 0 Å². The summed E-state index contributed by atoms with van der Waals surface area (Å²) in [5.41, 5.74) is 2.13. The number of carbonyl (C=O) groups excluding carboxylic acids is 1. The van der Waals surface area contributed by atoms with Crippen LogP contribution in [-0.2, 0) is 4.79 Å². The molecule has 150 valence electrons. The minimum Gasteiger partial charge on any atom is -0.489 e. The standard InChI is InChI=1S/C22H29N3O3/c1-5-27-22-17(4)21(23-14-24-22)25-11-10-20(13-25)28-19-8-6-18(7-9-19)15(2)12-16(3)26/h6-9,14-15,20H,5,10-13H2,1-4H3/t15-,20-/m1/s1. The van der Waals surface area contributed by atoms with Gasteiger partial charge in [-0.2, -0.15) is 0 Å². The van der Waals surface area contributed by atoms with Gasteiger partial charge in [0.15, 0.2) is 0 Å². The number of rotatable bonds is 8. The molecule has 1 saturated heterocycles. The summed E-state index contributed by atoms with van der Waals surface area (Å²) < 4.78 is 11.8. The van der Waals surface area contributed by atoms with E-state index in [-0.39, 0.29) is 17.8 Å². The molecule has 0 radical (unpaired) electrons. The predicted octanol–water partition coefficient (Wildman–Crippen LogP) is 3.92. The SMILES string of the molecule is CCOc1ncnc(N2CC[C@@H](Oc3ccc([C@H](C)CC(C)=O)cc3)C2)c1C. The van der Waals surface area contributed by atoms with Gasteiger partial charge in [0.25, 0.3) is 0 Å². The fourth-order valence-electron chi connectivity index (χ4n) is 3.66. The molecule has 0 aliphatic carbocycles. The van der Waals surface area contributed by atoms with E-state index in [0.29, 0.717) is 18.9 Å². The Bertz CT molecular complexity index is 807. The van der Waals surface area contributed by atoms with Crippen molar-refractivity contribution in [3.05, 3.63) is 41.7 Å². The third-order valence-corrected chi connectivity index (χ3v) is 5.08. The van der Waals surface area contributed by atoms with Gasteiger partial charge in [-0.15, -0.1) is 0 Å². The molecule has 0 N–H and O–H groups in total. The monoisotopic (exact) mass is 383 g/mol. The van der Waals surface area contributed by atoms with Gasteiger partial charge in [-0.3, -0.25) is 0 Å². The molecule has 6 heteroatoms. The topological polar surface area (TPSA) is 64.6 Å². The van der Waals surface area contributed by atoms with Crippen LogP contribution in [0.5, 0.6) is 11.6 Å². The van der Waals surface area contributed by atoms with Gasteiger partial charge in [0.1, 0.15) is 29.8 Å². The van der Waals surface area contributed by atoms with Crippen molar-refractivity contribution in [3.8, 4) is 11.6 Å². The lowest BCUT2D eigenvalue weighted by molar-refractivity contribution is -0.117.